The van der Waals surface area contributed by atoms with E-state index < -0.39 is 5.97 Å². The van der Waals surface area contributed by atoms with E-state index in [1.807, 2.05) is 6.92 Å². The smallest absolute Gasteiger partial charge is 0.286 e. The molecule has 0 aliphatic heterocycles. The van der Waals surface area contributed by atoms with Crippen molar-refractivity contribution in [2.24, 2.45) is 0 Å². The molecule has 0 fully saturated rings. The fraction of sp³-hybridized carbons (Fsp3) is 0.571. The van der Waals surface area contributed by atoms with Gasteiger partial charge in [0.2, 0.25) is 0 Å². The van der Waals surface area contributed by atoms with Gasteiger partial charge in [-0.3, -0.25) is 4.89 Å². The Bertz CT molecular complexity index is 152. The molecule has 3 heteroatoms. The quantitative estimate of drug-likeness (QED) is 0.272. The molecule has 0 unspecified atom stereocenters. The van der Waals surface area contributed by atoms with Crippen molar-refractivity contribution in [2.75, 3.05) is 0 Å². The summed E-state index contributed by atoms with van der Waals surface area (Å²) in [5.74, 6) is 3.77. The van der Waals surface area contributed by atoms with Gasteiger partial charge in [-0.05, 0) is 6.42 Å². The van der Waals surface area contributed by atoms with E-state index in [9.17, 15) is 4.79 Å². The topological polar surface area (TPSA) is 46.5 Å². The molecule has 1 N–H and O–H groups in total. The molecule has 0 bridgehead atoms. The van der Waals surface area contributed by atoms with Gasteiger partial charge in [0.1, 0.15) is 0 Å². The molecule has 0 aliphatic rings. The zero-order valence-electron chi connectivity index (χ0n) is 5.89. The molecular formula is C7H10O3. The van der Waals surface area contributed by atoms with Crippen LogP contribution in [0.15, 0.2) is 0 Å². The van der Waals surface area contributed by atoms with E-state index in [-0.39, 0.29) is 0 Å². The standard InChI is InChI=1S/C7H10O3/c1-2-3-4-5-6-7(8)10-9/h9H,2-4H2,1H3. The molecule has 0 saturated heterocycles. The van der Waals surface area contributed by atoms with Crippen molar-refractivity contribution >= 4 is 5.97 Å². The highest BCUT2D eigenvalue weighted by Crippen LogP contribution is 1.90. The number of carbonyl (C=O) groups is 1. The fourth-order valence-corrected chi connectivity index (χ4v) is 0.423. The average Bonchev–Trinajstić information content (AvgIpc) is 1.98. The number of hydrogen-bond acceptors (Lipinski definition) is 3. The van der Waals surface area contributed by atoms with Crippen molar-refractivity contribution in [1.82, 2.24) is 0 Å². The number of carbonyl (C=O) groups excluding carboxylic acids is 1. The highest BCUT2D eigenvalue weighted by molar-refractivity contribution is 5.87. The van der Waals surface area contributed by atoms with Crippen molar-refractivity contribution in [2.45, 2.75) is 26.2 Å². The normalized spacial score (nSPS) is 7.80. The Balaban J connectivity index is 3.39. The maximum absolute atomic E-state index is 10.1. The maximum Gasteiger partial charge on any atom is 0.416 e. The third-order valence-electron chi connectivity index (χ3n) is 0.929. The van der Waals surface area contributed by atoms with Crippen molar-refractivity contribution in [3.05, 3.63) is 0 Å². The van der Waals surface area contributed by atoms with E-state index >= 15 is 0 Å². The van der Waals surface area contributed by atoms with Crippen LogP contribution in [0.1, 0.15) is 26.2 Å². The molecule has 0 radical (unpaired) electrons. The van der Waals surface area contributed by atoms with Crippen LogP contribution in [0, 0.1) is 11.8 Å². The summed E-state index contributed by atoms with van der Waals surface area (Å²) in [7, 11) is 0. The molecule has 0 aromatic rings. The summed E-state index contributed by atoms with van der Waals surface area (Å²) in [6, 6.07) is 0. The molecule has 56 valence electrons. The van der Waals surface area contributed by atoms with Crippen LogP contribution in [-0.4, -0.2) is 11.2 Å². The van der Waals surface area contributed by atoms with Gasteiger partial charge >= 0.3 is 5.97 Å². The lowest BCUT2D eigenvalue weighted by molar-refractivity contribution is -0.226. The molecule has 10 heavy (non-hydrogen) atoms. The number of rotatable bonds is 2. The number of unbranched alkanes of at least 4 members (excludes halogenated alkanes) is 2. The Morgan fingerprint density at radius 3 is 2.90 bits per heavy atom. The Hall–Kier alpha value is -1.01. The molecule has 0 spiro atoms. The van der Waals surface area contributed by atoms with Crippen LogP contribution < -0.4 is 0 Å². The third kappa shape index (κ3) is 5.13. The molecule has 0 aromatic heterocycles. The van der Waals surface area contributed by atoms with Crippen LogP contribution in [0.3, 0.4) is 0 Å². The van der Waals surface area contributed by atoms with Crippen LogP contribution in [-0.2, 0) is 9.68 Å². The predicted molar refractivity (Wildman–Crippen MR) is 36.0 cm³/mol. The third-order valence-corrected chi connectivity index (χ3v) is 0.929. The fourth-order valence-electron chi connectivity index (χ4n) is 0.423. The zero-order chi connectivity index (χ0) is 7.82. The minimum atomic E-state index is -0.892. The Labute approximate surface area is 59.9 Å². The molecular weight excluding hydrogens is 132 g/mol. The maximum atomic E-state index is 10.1. The van der Waals surface area contributed by atoms with Crippen molar-refractivity contribution < 1.29 is 14.9 Å². The zero-order valence-corrected chi connectivity index (χ0v) is 5.89. The van der Waals surface area contributed by atoms with Gasteiger partial charge in [0.05, 0.1) is 0 Å². The summed E-state index contributed by atoms with van der Waals surface area (Å²) in [4.78, 5) is 13.4. The second-order valence-electron chi connectivity index (χ2n) is 1.78. The first-order valence-corrected chi connectivity index (χ1v) is 3.15. The van der Waals surface area contributed by atoms with E-state index in [1.54, 1.807) is 0 Å². The monoisotopic (exact) mass is 142 g/mol. The molecule has 0 heterocycles. The first-order chi connectivity index (χ1) is 4.81. The lowest BCUT2D eigenvalue weighted by Gasteiger charge is -1.83. The molecule has 0 aromatic carbocycles. The Kier molecular flexibility index (Phi) is 5.50. The molecule has 0 rings (SSSR count). The summed E-state index contributed by atoms with van der Waals surface area (Å²) in [6.07, 6.45) is 2.68. The van der Waals surface area contributed by atoms with Gasteiger partial charge in [-0.1, -0.05) is 19.3 Å². The second kappa shape index (κ2) is 6.12. The van der Waals surface area contributed by atoms with Gasteiger partial charge < -0.3 is 0 Å². The lowest BCUT2D eigenvalue weighted by atomic mass is 10.2. The summed E-state index contributed by atoms with van der Waals surface area (Å²) in [5, 5.41) is 7.74. The van der Waals surface area contributed by atoms with Crippen LogP contribution in [0.4, 0.5) is 0 Å². The summed E-state index contributed by atoms with van der Waals surface area (Å²) < 4.78 is 0. The first kappa shape index (κ1) is 8.99. The van der Waals surface area contributed by atoms with Crippen LogP contribution >= 0.6 is 0 Å². The molecule has 0 aliphatic carbocycles. The molecule has 0 amide bonds. The van der Waals surface area contributed by atoms with E-state index in [4.69, 9.17) is 5.26 Å². The van der Waals surface area contributed by atoms with Crippen LogP contribution in [0.2, 0.25) is 0 Å². The van der Waals surface area contributed by atoms with Gasteiger partial charge in [-0.2, -0.15) is 5.26 Å². The van der Waals surface area contributed by atoms with E-state index in [0.717, 1.165) is 12.8 Å². The summed E-state index contributed by atoms with van der Waals surface area (Å²) in [5.41, 5.74) is 0. The second-order valence-corrected chi connectivity index (χ2v) is 1.78. The minimum absolute atomic E-state index is 0.672. The van der Waals surface area contributed by atoms with Gasteiger partial charge in [-0.25, -0.2) is 4.79 Å². The van der Waals surface area contributed by atoms with Crippen molar-refractivity contribution in [3.63, 3.8) is 0 Å². The van der Waals surface area contributed by atoms with Gasteiger partial charge in [-0.15, -0.1) is 0 Å². The average molecular weight is 142 g/mol. The minimum Gasteiger partial charge on any atom is -0.286 e. The van der Waals surface area contributed by atoms with Gasteiger partial charge in [0, 0.05) is 12.3 Å². The predicted octanol–water partition coefficient (Wildman–Crippen LogP) is 1.20. The lowest BCUT2D eigenvalue weighted by Crippen LogP contribution is -1.94. The Morgan fingerprint density at radius 1 is 1.70 bits per heavy atom. The van der Waals surface area contributed by atoms with Crippen molar-refractivity contribution in [1.29, 1.82) is 0 Å². The van der Waals surface area contributed by atoms with E-state index in [0.29, 0.717) is 6.42 Å². The summed E-state index contributed by atoms with van der Waals surface area (Å²) >= 11 is 0. The summed E-state index contributed by atoms with van der Waals surface area (Å²) in [6.45, 7) is 2.03. The van der Waals surface area contributed by atoms with Crippen LogP contribution in [0.25, 0.3) is 0 Å². The highest BCUT2D eigenvalue weighted by atomic mass is 17.1. The van der Waals surface area contributed by atoms with E-state index in [2.05, 4.69) is 16.7 Å². The van der Waals surface area contributed by atoms with Crippen molar-refractivity contribution in [3.8, 4) is 11.8 Å². The largest absolute Gasteiger partial charge is 0.416 e. The van der Waals surface area contributed by atoms with Crippen LogP contribution in [0.5, 0.6) is 0 Å². The van der Waals surface area contributed by atoms with Gasteiger partial charge in [0.15, 0.2) is 0 Å². The molecule has 0 saturated carbocycles. The Morgan fingerprint density at radius 2 is 2.40 bits per heavy atom. The SMILES string of the molecule is CCCCC#CC(=O)OO. The molecule has 0 atom stereocenters. The van der Waals surface area contributed by atoms with E-state index in [1.165, 1.54) is 0 Å². The first-order valence-electron chi connectivity index (χ1n) is 3.15. The highest BCUT2D eigenvalue weighted by Gasteiger charge is 1.89. The number of hydrogen-bond donors (Lipinski definition) is 1. The van der Waals surface area contributed by atoms with Gasteiger partial charge in [0.25, 0.3) is 0 Å². The molecule has 3 nitrogen and oxygen atoms in total.